The van der Waals surface area contributed by atoms with Gasteiger partial charge in [-0.3, -0.25) is 14.5 Å². The van der Waals surface area contributed by atoms with Gasteiger partial charge in [-0.25, -0.2) is 0 Å². The Hall–Kier alpha value is -1.14. The zero-order valence-corrected chi connectivity index (χ0v) is 11.6. The number of carbonyl (C=O) groups is 2. The average molecular weight is 269 g/mol. The maximum Gasteiger partial charge on any atom is 0.325 e. The first kappa shape index (κ1) is 14.3. The molecule has 0 aromatic carbocycles. The number of hydrogen-bond donors (Lipinski definition) is 1. The van der Waals surface area contributed by atoms with E-state index in [0.717, 1.165) is 39.0 Å². The first-order chi connectivity index (χ1) is 9.20. The second-order valence-corrected chi connectivity index (χ2v) is 5.08. The molecule has 1 heterocycles. The monoisotopic (exact) mass is 269 g/mol. The van der Waals surface area contributed by atoms with Crippen molar-refractivity contribution in [2.75, 3.05) is 45.9 Å². The fraction of sp³-hybridized carbons (Fsp3) is 0.846. The second-order valence-electron chi connectivity index (χ2n) is 5.08. The van der Waals surface area contributed by atoms with Crippen molar-refractivity contribution in [1.29, 1.82) is 0 Å². The molecule has 1 saturated heterocycles. The van der Waals surface area contributed by atoms with Gasteiger partial charge in [-0.1, -0.05) is 0 Å². The van der Waals surface area contributed by atoms with E-state index in [0.29, 0.717) is 13.2 Å². The van der Waals surface area contributed by atoms with E-state index < -0.39 is 0 Å². The van der Waals surface area contributed by atoms with E-state index in [4.69, 9.17) is 4.74 Å². The van der Waals surface area contributed by atoms with Crippen LogP contribution in [0.4, 0.5) is 0 Å². The number of nitrogens with zero attached hydrogens (tertiary/aromatic N) is 2. The van der Waals surface area contributed by atoms with Gasteiger partial charge in [0.15, 0.2) is 0 Å². The van der Waals surface area contributed by atoms with E-state index in [-0.39, 0.29) is 24.5 Å². The zero-order valence-electron chi connectivity index (χ0n) is 11.6. The molecule has 0 bridgehead atoms. The first-order valence-corrected chi connectivity index (χ1v) is 7.09. The summed E-state index contributed by atoms with van der Waals surface area (Å²) in [7, 11) is 0. The van der Waals surface area contributed by atoms with Crippen molar-refractivity contribution in [1.82, 2.24) is 15.1 Å². The molecule has 6 nitrogen and oxygen atoms in total. The lowest BCUT2D eigenvalue weighted by atomic mass is 10.3. The summed E-state index contributed by atoms with van der Waals surface area (Å²) in [5.41, 5.74) is 0. The quantitative estimate of drug-likeness (QED) is 0.655. The highest BCUT2D eigenvalue weighted by atomic mass is 16.5. The summed E-state index contributed by atoms with van der Waals surface area (Å²) in [5, 5.41) is 3.26. The molecular formula is C13H23N3O3. The number of amides is 1. The van der Waals surface area contributed by atoms with Crippen LogP contribution >= 0.6 is 0 Å². The topological polar surface area (TPSA) is 61.9 Å². The molecule has 1 saturated carbocycles. The number of hydrogen-bond acceptors (Lipinski definition) is 5. The Kier molecular flexibility index (Phi) is 5.15. The molecule has 1 amide bonds. The lowest BCUT2D eigenvalue weighted by Crippen LogP contribution is -2.49. The van der Waals surface area contributed by atoms with Gasteiger partial charge in [0.05, 0.1) is 13.2 Å². The smallest absolute Gasteiger partial charge is 0.325 e. The molecule has 1 N–H and O–H groups in total. The van der Waals surface area contributed by atoms with Gasteiger partial charge in [0.25, 0.3) is 0 Å². The molecule has 0 aromatic rings. The molecular weight excluding hydrogens is 246 g/mol. The van der Waals surface area contributed by atoms with Gasteiger partial charge in [-0.2, -0.15) is 0 Å². The van der Waals surface area contributed by atoms with Crippen LogP contribution in [0.15, 0.2) is 0 Å². The number of piperazine rings is 1. The molecule has 2 fully saturated rings. The van der Waals surface area contributed by atoms with E-state index in [1.807, 2.05) is 0 Å². The second kappa shape index (κ2) is 6.86. The third-order valence-electron chi connectivity index (χ3n) is 3.48. The fourth-order valence-corrected chi connectivity index (χ4v) is 2.30. The number of rotatable bonds is 6. The molecule has 19 heavy (non-hydrogen) atoms. The van der Waals surface area contributed by atoms with E-state index >= 15 is 0 Å². The molecule has 1 aliphatic carbocycles. The molecule has 2 aliphatic rings. The van der Waals surface area contributed by atoms with Gasteiger partial charge < -0.3 is 15.0 Å². The summed E-state index contributed by atoms with van der Waals surface area (Å²) in [6, 6.07) is 0.250. The summed E-state index contributed by atoms with van der Waals surface area (Å²) in [6.45, 7) is 6.29. The lowest BCUT2D eigenvalue weighted by molar-refractivity contribution is -0.149. The van der Waals surface area contributed by atoms with Crippen molar-refractivity contribution in [3.8, 4) is 0 Å². The van der Waals surface area contributed by atoms with Gasteiger partial charge in [0.2, 0.25) is 5.91 Å². The minimum atomic E-state index is -0.303. The third kappa shape index (κ3) is 4.47. The van der Waals surface area contributed by atoms with Crippen molar-refractivity contribution < 1.29 is 14.3 Å². The van der Waals surface area contributed by atoms with E-state index in [1.54, 1.807) is 11.8 Å². The molecule has 0 unspecified atom stereocenters. The van der Waals surface area contributed by atoms with Crippen molar-refractivity contribution in [3.63, 3.8) is 0 Å². The van der Waals surface area contributed by atoms with Gasteiger partial charge in [0.1, 0.15) is 6.54 Å². The zero-order chi connectivity index (χ0) is 13.7. The Morgan fingerprint density at radius 3 is 2.58 bits per heavy atom. The van der Waals surface area contributed by atoms with Crippen LogP contribution in [0.2, 0.25) is 0 Å². The molecule has 0 atom stereocenters. The number of carbonyl (C=O) groups excluding carboxylic acids is 2. The van der Waals surface area contributed by atoms with Crippen molar-refractivity contribution in [2.24, 2.45) is 0 Å². The molecule has 6 heteroatoms. The van der Waals surface area contributed by atoms with Crippen LogP contribution in [0, 0.1) is 0 Å². The highest BCUT2D eigenvalue weighted by molar-refractivity contribution is 5.84. The SMILES string of the molecule is CCOC(=O)CN(C(=O)CN1CCNCC1)C1CC1. The van der Waals surface area contributed by atoms with Gasteiger partial charge >= 0.3 is 5.97 Å². The van der Waals surface area contributed by atoms with Crippen LogP contribution in [0.1, 0.15) is 19.8 Å². The van der Waals surface area contributed by atoms with Crippen LogP contribution in [0.5, 0.6) is 0 Å². The highest BCUT2D eigenvalue weighted by Crippen LogP contribution is 2.26. The van der Waals surface area contributed by atoms with Gasteiger partial charge in [0, 0.05) is 32.2 Å². The van der Waals surface area contributed by atoms with Crippen LogP contribution in [-0.2, 0) is 14.3 Å². The largest absolute Gasteiger partial charge is 0.465 e. The summed E-state index contributed by atoms with van der Waals surface area (Å²) < 4.78 is 4.93. The van der Waals surface area contributed by atoms with Crippen LogP contribution in [0.3, 0.4) is 0 Å². The minimum Gasteiger partial charge on any atom is -0.465 e. The minimum absolute atomic E-state index is 0.0532. The lowest BCUT2D eigenvalue weighted by Gasteiger charge is -2.29. The molecule has 0 aromatic heterocycles. The Bertz CT molecular complexity index is 325. The van der Waals surface area contributed by atoms with Crippen LogP contribution in [-0.4, -0.2) is 73.6 Å². The number of nitrogens with one attached hydrogen (secondary N) is 1. The standard InChI is InChI=1S/C13H23N3O3/c1-2-19-13(18)10-16(11-3-4-11)12(17)9-15-7-5-14-6-8-15/h11,14H,2-10H2,1H3. The van der Waals surface area contributed by atoms with Crippen LogP contribution in [0.25, 0.3) is 0 Å². The van der Waals surface area contributed by atoms with Crippen molar-refractivity contribution in [3.05, 3.63) is 0 Å². The molecule has 0 radical (unpaired) electrons. The summed E-state index contributed by atoms with van der Waals surface area (Å²) in [5.74, 6) is -0.250. The summed E-state index contributed by atoms with van der Waals surface area (Å²) >= 11 is 0. The number of esters is 1. The van der Waals surface area contributed by atoms with Crippen molar-refractivity contribution in [2.45, 2.75) is 25.8 Å². The summed E-state index contributed by atoms with van der Waals surface area (Å²) in [6.07, 6.45) is 2.01. The van der Waals surface area contributed by atoms with E-state index in [2.05, 4.69) is 10.2 Å². The number of ether oxygens (including phenoxy) is 1. The molecule has 0 spiro atoms. The van der Waals surface area contributed by atoms with Crippen LogP contribution < -0.4 is 5.32 Å². The Balaban J connectivity index is 1.83. The highest BCUT2D eigenvalue weighted by Gasteiger charge is 2.34. The molecule has 2 rings (SSSR count). The van der Waals surface area contributed by atoms with E-state index in [1.165, 1.54) is 0 Å². The van der Waals surface area contributed by atoms with E-state index in [9.17, 15) is 9.59 Å². The molecule has 108 valence electrons. The van der Waals surface area contributed by atoms with Gasteiger partial charge in [-0.05, 0) is 19.8 Å². The maximum absolute atomic E-state index is 12.3. The predicted molar refractivity (Wildman–Crippen MR) is 70.7 cm³/mol. The van der Waals surface area contributed by atoms with Gasteiger partial charge in [-0.15, -0.1) is 0 Å². The first-order valence-electron chi connectivity index (χ1n) is 7.09. The third-order valence-corrected chi connectivity index (χ3v) is 3.48. The Morgan fingerprint density at radius 2 is 2.00 bits per heavy atom. The Morgan fingerprint density at radius 1 is 1.32 bits per heavy atom. The average Bonchev–Trinajstić information content (AvgIpc) is 3.21. The maximum atomic E-state index is 12.3. The normalized spacial score (nSPS) is 20.1. The predicted octanol–water partition coefficient (Wildman–Crippen LogP) is -0.554. The summed E-state index contributed by atoms with van der Waals surface area (Å²) in [4.78, 5) is 27.7. The van der Waals surface area contributed by atoms with Crippen molar-refractivity contribution >= 4 is 11.9 Å². The molecule has 1 aliphatic heterocycles. The fourth-order valence-electron chi connectivity index (χ4n) is 2.30. The Labute approximate surface area is 114 Å².